The highest BCUT2D eigenvalue weighted by molar-refractivity contribution is 7.18. The fourth-order valence-electron chi connectivity index (χ4n) is 2.71. The molecule has 6 nitrogen and oxygen atoms in total. The van der Waals surface area contributed by atoms with Crippen molar-refractivity contribution in [1.29, 1.82) is 5.26 Å². The van der Waals surface area contributed by atoms with E-state index in [1.165, 1.54) is 23.6 Å². The number of aromatic nitrogens is 3. The number of hydrogen-bond acceptors (Lipinski definition) is 7. The van der Waals surface area contributed by atoms with Crippen molar-refractivity contribution in [2.24, 2.45) is 0 Å². The van der Waals surface area contributed by atoms with Gasteiger partial charge in [-0.05, 0) is 30.3 Å². The van der Waals surface area contributed by atoms with Gasteiger partial charge in [-0.25, -0.2) is 15.0 Å². The molecule has 4 rings (SSSR count). The predicted molar refractivity (Wildman–Crippen MR) is 100 cm³/mol. The number of nitrogens with two attached hydrogens (primary N) is 1. The van der Waals surface area contributed by atoms with Gasteiger partial charge in [0, 0.05) is 22.2 Å². The van der Waals surface area contributed by atoms with Crippen molar-refractivity contribution < 1.29 is 9.50 Å². The van der Waals surface area contributed by atoms with Gasteiger partial charge in [0.15, 0.2) is 5.82 Å². The van der Waals surface area contributed by atoms with Gasteiger partial charge < -0.3 is 10.8 Å². The Balaban J connectivity index is 1.80. The molecule has 0 aliphatic rings. The molecule has 0 aliphatic carbocycles. The van der Waals surface area contributed by atoms with E-state index < -0.39 is 12.1 Å². The Morgan fingerprint density at radius 1 is 1.19 bits per heavy atom. The first-order chi connectivity index (χ1) is 13.1. The molecular formula is C19H12FN5OS. The summed E-state index contributed by atoms with van der Waals surface area (Å²) in [7, 11) is 0. The molecule has 4 aromatic rings. The van der Waals surface area contributed by atoms with Gasteiger partial charge in [-0.3, -0.25) is 0 Å². The number of nitrogens with zero attached hydrogens (tertiary/aromatic N) is 4. The van der Waals surface area contributed by atoms with Gasteiger partial charge in [0.25, 0.3) is 0 Å². The summed E-state index contributed by atoms with van der Waals surface area (Å²) in [5.41, 5.74) is 7.30. The number of thiophene rings is 1. The summed E-state index contributed by atoms with van der Waals surface area (Å²) in [6.07, 6.45) is 0.143. The summed E-state index contributed by atoms with van der Waals surface area (Å²) in [5, 5.41) is 20.2. The number of aliphatic hydroxyl groups is 1. The van der Waals surface area contributed by atoms with E-state index in [2.05, 4.69) is 21.0 Å². The third-order valence-corrected chi connectivity index (χ3v) is 5.12. The number of pyridine rings is 1. The number of anilines is 1. The molecule has 0 saturated carbocycles. The quantitative estimate of drug-likeness (QED) is 0.530. The normalized spacial score (nSPS) is 12.0. The van der Waals surface area contributed by atoms with Crippen LogP contribution in [0.2, 0.25) is 0 Å². The minimum absolute atomic E-state index is 0.0810. The van der Waals surface area contributed by atoms with E-state index in [9.17, 15) is 9.50 Å². The van der Waals surface area contributed by atoms with Crippen molar-refractivity contribution in [3.05, 3.63) is 70.6 Å². The van der Waals surface area contributed by atoms with Crippen LogP contribution in [-0.2, 0) is 0 Å². The molecule has 0 saturated heterocycles. The van der Waals surface area contributed by atoms with E-state index in [0.29, 0.717) is 32.0 Å². The molecule has 0 fully saturated rings. The first-order valence-electron chi connectivity index (χ1n) is 7.93. The van der Waals surface area contributed by atoms with Gasteiger partial charge in [0.2, 0.25) is 5.95 Å². The van der Waals surface area contributed by atoms with Crippen molar-refractivity contribution in [2.45, 2.75) is 6.10 Å². The number of nitrogen functional groups attached to an aromatic ring is 1. The summed E-state index contributed by atoms with van der Waals surface area (Å²) in [4.78, 5) is 13.4. The SMILES string of the molecule is N#Cc1cccc(-c2nc(N)c3cc(C(O)c4cccnc4F)sc3n2)c1. The van der Waals surface area contributed by atoms with Gasteiger partial charge >= 0.3 is 0 Å². The second kappa shape index (κ2) is 6.72. The van der Waals surface area contributed by atoms with Crippen molar-refractivity contribution in [1.82, 2.24) is 15.0 Å². The monoisotopic (exact) mass is 377 g/mol. The Bertz CT molecular complexity index is 1200. The van der Waals surface area contributed by atoms with Crippen LogP contribution >= 0.6 is 11.3 Å². The van der Waals surface area contributed by atoms with Gasteiger partial charge in [0.1, 0.15) is 16.8 Å². The molecule has 0 amide bonds. The van der Waals surface area contributed by atoms with Crippen LogP contribution in [0.4, 0.5) is 10.2 Å². The Morgan fingerprint density at radius 3 is 2.81 bits per heavy atom. The third kappa shape index (κ3) is 3.10. The molecule has 1 unspecified atom stereocenters. The van der Waals surface area contributed by atoms with Crippen molar-refractivity contribution in [2.75, 3.05) is 5.73 Å². The maximum atomic E-state index is 13.9. The molecule has 132 valence electrons. The molecule has 1 aromatic carbocycles. The zero-order valence-electron chi connectivity index (χ0n) is 13.8. The molecule has 1 atom stereocenters. The fraction of sp³-hybridized carbons (Fsp3) is 0.0526. The average Bonchev–Trinajstić information content (AvgIpc) is 3.13. The largest absolute Gasteiger partial charge is 0.383 e. The van der Waals surface area contributed by atoms with E-state index in [4.69, 9.17) is 11.0 Å². The van der Waals surface area contributed by atoms with E-state index in [-0.39, 0.29) is 11.4 Å². The maximum absolute atomic E-state index is 13.9. The molecule has 8 heteroatoms. The molecule has 0 spiro atoms. The van der Waals surface area contributed by atoms with E-state index in [0.717, 1.165) is 0 Å². The van der Waals surface area contributed by atoms with Crippen molar-refractivity contribution >= 4 is 27.4 Å². The highest BCUT2D eigenvalue weighted by Gasteiger charge is 2.20. The minimum atomic E-state index is -1.18. The second-order valence-electron chi connectivity index (χ2n) is 5.78. The van der Waals surface area contributed by atoms with E-state index in [1.807, 2.05) is 0 Å². The topological polar surface area (TPSA) is 109 Å². The lowest BCUT2D eigenvalue weighted by molar-refractivity contribution is 0.217. The number of benzene rings is 1. The molecule has 0 aliphatic heterocycles. The van der Waals surface area contributed by atoms with E-state index >= 15 is 0 Å². The number of rotatable bonds is 3. The van der Waals surface area contributed by atoms with E-state index in [1.54, 1.807) is 36.4 Å². The molecule has 3 heterocycles. The van der Waals surface area contributed by atoms with Crippen LogP contribution in [0.3, 0.4) is 0 Å². The first-order valence-corrected chi connectivity index (χ1v) is 8.74. The molecular weight excluding hydrogens is 365 g/mol. The zero-order valence-corrected chi connectivity index (χ0v) is 14.6. The van der Waals surface area contributed by atoms with Crippen LogP contribution < -0.4 is 5.73 Å². The second-order valence-corrected chi connectivity index (χ2v) is 6.84. The lowest BCUT2D eigenvalue weighted by Gasteiger charge is -2.08. The third-order valence-electron chi connectivity index (χ3n) is 4.04. The average molecular weight is 377 g/mol. The molecule has 0 bridgehead atoms. The number of hydrogen-bond donors (Lipinski definition) is 2. The molecule has 0 radical (unpaired) electrons. The van der Waals surface area contributed by atoms with Gasteiger partial charge in [0.05, 0.1) is 17.0 Å². The summed E-state index contributed by atoms with van der Waals surface area (Å²) in [6.45, 7) is 0. The minimum Gasteiger partial charge on any atom is -0.383 e. The maximum Gasteiger partial charge on any atom is 0.219 e. The lowest BCUT2D eigenvalue weighted by Crippen LogP contribution is -2.01. The predicted octanol–water partition coefficient (Wildman–Crippen LogP) is 3.43. The van der Waals surface area contributed by atoms with Crippen LogP contribution in [0, 0.1) is 17.3 Å². The van der Waals surface area contributed by atoms with Gasteiger partial charge in [-0.1, -0.05) is 12.1 Å². The summed E-state index contributed by atoms with van der Waals surface area (Å²) in [5.74, 6) is -0.0956. The van der Waals surface area contributed by atoms with Crippen LogP contribution in [-0.4, -0.2) is 20.1 Å². The first kappa shape index (κ1) is 17.0. The smallest absolute Gasteiger partial charge is 0.219 e. The Morgan fingerprint density at radius 2 is 2.04 bits per heavy atom. The standard InChI is InChI=1S/C19H12FN5OS/c20-16-12(5-2-6-23-16)15(26)14-8-13-17(22)24-18(25-19(13)27-14)11-4-1-3-10(7-11)9-21/h1-8,15,26H,(H2,22,24,25). The molecule has 3 aromatic heterocycles. The highest BCUT2D eigenvalue weighted by atomic mass is 32.1. The number of nitriles is 1. The Hall–Kier alpha value is -3.41. The van der Waals surface area contributed by atoms with Gasteiger partial charge in [-0.15, -0.1) is 11.3 Å². The summed E-state index contributed by atoms with van der Waals surface area (Å²) < 4.78 is 13.9. The Labute approximate surface area is 157 Å². The van der Waals surface area contributed by atoms with Gasteiger partial charge in [-0.2, -0.15) is 9.65 Å². The van der Waals surface area contributed by atoms with Crippen LogP contribution in [0.1, 0.15) is 22.1 Å². The Kier molecular flexibility index (Phi) is 4.24. The van der Waals surface area contributed by atoms with Crippen LogP contribution in [0.25, 0.3) is 21.6 Å². The number of halogens is 1. The van der Waals surface area contributed by atoms with Crippen molar-refractivity contribution in [3.63, 3.8) is 0 Å². The fourth-order valence-corrected chi connectivity index (χ4v) is 3.75. The summed E-state index contributed by atoms with van der Waals surface area (Å²) in [6, 6.07) is 13.7. The van der Waals surface area contributed by atoms with Crippen LogP contribution in [0.15, 0.2) is 48.7 Å². The number of fused-ring (bicyclic) bond motifs is 1. The molecule has 27 heavy (non-hydrogen) atoms. The lowest BCUT2D eigenvalue weighted by atomic mass is 10.1. The zero-order chi connectivity index (χ0) is 19.0. The highest BCUT2D eigenvalue weighted by Crippen LogP contribution is 2.35. The van der Waals surface area contributed by atoms with Crippen molar-refractivity contribution in [3.8, 4) is 17.5 Å². The van der Waals surface area contributed by atoms with Crippen LogP contribution in [0.5, 0.6) is 0 Å². The molecule has 3 N–H and O–H groups in total. The summed E-state index contributed by atoms with van der Waals surface area (Å²) >= 11 is 1.20. The number of aliphatic hydroxyl groups excluding tert-OH is 1.